The molecule has 0 unspecified atom stereocenters. The Morgan fingerprint density at radius 2 is 2.00 bits per heavy atom. The van der Waals surface area contributed by atoms with Gasteiger partial charge in [0, 0.05) is 6.20 Å². The Morgan fingerprint density at radius 3 is 2.47 bits per heavy atom. The molecule has 0 aromatic carbocycles. The highest BCUT2D eigenvalue weighted by molar-refractivity contribution is 6.30. The van der Waals surface area contributed by atoms with E-state index in [9.17, 15) is 18.0 Å². The molecule has 0 aliphatic rings. The quantitative estimate of drug-likeness (QED) is 0.923. The summed E-state index contributed by atoms with van der Waals surface area (Å²) in [6.45, 7) is 0. The van der Waals surface area contributed by atoms with Crippen LogP contribution in [0.25, 0.3) is 5.82 Å². The predicted octanol–water partition coefficient (Wildman–Crippen LogP) is 2.64. The van der Waals surface area contributed by atoms with Crippen LogP contribution in [-0.2, 0) is 6.18 Å². The highest BCUT2D eigenvalue weighted by Gasteiger charge is 2.40. The molecule has 2 rings (SSSR count). The number of hydrogen-bond donors (Lipinski definition) is 1. The molecule has 0 radical (unpaired) electrons. The SMILES string of the molecule is O=C(O)c1cnn(-c2ccc(Cl)cn2)c1C(F)(F)F. The number of pyridine rings is 1. The molecular formula is C10H5ClF3N3O2. The molecule has 5 nitrogen and oxygen atoms in total. The summed E-state index contributed by atoms with van der Waals surface area (Å²) < 4.78 is 39.1. The summed E-state index contributed by atoms with van der Waals surface area (Å²) >= 11 is 5.58. The van der Waals surface area contributed by atoms with E-state index in [1.165, 1.54) is 12.1 Å². The van der Waals surface area contributed by atoms with Gasteiger partial charge in [-0.25, -0.2) is 14.5 Å². The number of nitrogens with zero attached hydrogens (tertiary/aromatic N) is 3. The number of rotatable bonds is 2. The number of aromatic carboxylic acids is 1. The fourth-order valence-corrected chi connectivity index (χ4v) is 1.56. The van der Waals surface area contributed by atoms with Crippen LogP contribution in [0.5, 0.6) is 0 Å². The fourth-order valence-electron chi connectivity index (χ4n) is 1.44. The van der Waals surface area contributed by atoms with E-state index < -0.39 is 23.4 Å². The van der Waals surface area contributed by atoms with E-state index in [0.29, 0.717) is 10.9 Å². The molecule has 0 aliphatic carbocycles. The summed E-state index contributed by atoms with van der Waals surface area (Å²) in [5, 5.41) is 12.4. The van der Waals surface area contributed by atoms with Crippen LogP contribution in [0.3, 0.4) is 0 Å². The van der Waals surface area contributed by atoms with Crippen molar-refractivity contribution in [2.75, 3.05) is 0 Å². The summed E-state index contributed by atoms with van der Waals surface area (Å²) in [4.78, 5) is 14.4. The lowest BCUT2D eigenvalue weighted by molar-refractivity contribution is -0.143. The first-order valence-electron chi connectivity index (χ1n) is 4.81. The summed E-state index contributed by atoms with van der Waals surface area (Å²) in [7, 11) is 0. The predicted molar refractivity (Wildman–Crippen MR) is 58.3 cm³/mol. The summed E-state index contributed by atoms with van der Waals surface area (Å²) in [5.74, 6) is -1.89. The van der Waals surface area contributed by atoms with Gasteiger partial charge in [0.2, 0.25) is 0 Å². The van der Waals surface area contributed by atoms with Crippen molar-refractivity contribution in [1.29, 1.82) is 0 Å². The molecular weight excluding hydrogens is 287 g/mol. The highest BCUT2D eigenvalue weighted by atomic mass is 35.5. The van der Waals surface area contributed by atoms with Gasteiger partial charge in [0.05, 0.1) is 11.2 Å². The van der Waals surface area contributed by atoms with Crippen LogP contribution in [0.1, 0.15) is 16.1 Å². The molecule has 0 fully saturated rings. The highest BCUT2D eigenvalue weighted by Crippen LogP contribution is 2.33. The molecule has 100 valence electrons. The van der Waals surface area contributed by atoms with Gasteiger partial charge in [-0.2, -0.15) is 18.3 Å². The number of hydrogen-bond acceptors (Lipinski definition) is 3. The Labute approximate surface area is 109 Å². The Kier molecular flexibility index (Phi) is 3.19. The Morgan fingerprint density at radius 1 is 1.32 bits per heavy atom. The maximum Gasteiger partial charge on any atom is 0.434 e. The standard InChI is InChI=1S/C10H5ClF3N3O2/c11-5-1-2-7(15-3-5)17-8(10(12,13)14)6(4-16-17)9(18)19/h1-4H,(H,18,19). The molecule has 0 spiro atoms. The number of halogens is 4. The molecule has 19 heavy (non-hydrogen) atoms. The van der Waals surface area contributed by atoms with Crippen LogP contribution in [0.15, 0.2) is 24.5 Å². The molecule has 1 N–H and O–H groups in total. The topological polar surface area (TPSA) is 68.0 Å². The Bertz CT molecular complexity index is 622. The maximum atomic E-state index is 12.9. The average molecular weight is 292 g/mol. The minimum Gasteiger partial charge on any atom is -0.478 e. The first kappa shape index (κ1) is 13.3. The smallest absolute Gasteiger partial charge is 0.434 e. The van der Waals surface area contributed by atoms with Crippen LogP contribution in [-0.4, -0.2) is 25.8 Å². The molecule has 0 saturated heterocycles. The monoisotopic (exact) mass is 291 g/mol. The average Bonchev–Trinajstić information content (AvgIpc) is 2.74. The summed E-state index contributed by atoms with van der Waals surface area (Å²) in [6.07, 6.45) is -3.11. The molecule has 2 aromatic rings. The second-order valence-corrected chi connectivity index (χ2v) is 3.89. The van der Waals surface area contributed by atoms with Crippen LogP contribution >= 0.6 is 11.6 Å². The zero-order valence-corrected chi connectivity index (χ0v) is 9.77. The third-order valence-corrected chi connectivity index (χ3v) is 2.42. The van der Waals surface area contributed by atoms with E-state index in [1.807, 2.05) is 0 Å². The lowest BCUT2D eigenvalue weighted by Crippen LogP contribution is -2.17. The molecule has 2 heterocycles. The normalized spacial score (nSPS) is 11.6. The lowest BCUT2D eigenvalue weighted by Gasteiger charge is -2.10. The van der Waals surface area contributed by atoms with Crippen molar-refractivity contribution < 1.29 is 23.1 Å². The first-order chi connectivity index (χ1) is 8.80. The summed E-state index contributed by atoms with van der Waals surface area (Å²) in [6, 6.07) is 2.53. The van der Waals surface area contributed by atoms with Crippen molar-refractivity contribution in [1.82, 2.24) is 14.8 Å². The van der Waals surface area contributed by atoms with Gasteiger partial charge < -0.3 is 5.11 Å². The Hall–Kier alpha value is -2.09. The number of aromatic nitrogens is 3. The van der Waals surface area contributed by atoms with Gasteiger partial charge in [-0.3, -0.25) is 0 Å². The third kappa shape index (κ3) is 2.53. The van der Waals surface area contributed by atoms with Gasteiger partial charge in [0.1, 0.15) is 5.56 Å². The van der Waals surface area contributed by atoms with Crippen molar-refractivity contribution in [2.45, 2.75) is 6.18 Å². The number of carboxylic acids is 1. The van der Waals surface area contributed by atoms with Crippen molar-refractivity contribution in [3.63, 3.8) is 0 Å². The van der Waals surface area contributed by atoms with Crippen LogP contribution < -0.4 is 0 Å². The zero-order valence-electron chi connectivity index (χ0n) is 9.02. The Balaban J connectivity index is 2.64. The van der Waals surface area contributed by atoms with E-state index in [1.54, 1.807) is 0 Å². The van der Waals surface area contributed by atoms with Gasteiger partial charge in [-0.15, -0.1) is 0 Å². The van der Waals surface area contributed by atoms with Gasteiger partial charge in [0.25, 0.3) is 0 Å². The minimum atomic E-state index is -4.87. The van der Waals surface area contributed by atoms with Gasteiger partial charge in [-0.05, 0) is 12.1 Å². The maximum absolute atomic E-state index is 12.9. The zero-order chi connectivity index (χ0) is 14.2. The van der Waals surface area contributed by atoms with Gasteiger partial charge in [-0.1, -0.05) is 11.6 Å². The molecule has 0 atom stereocenters. The van der Waals surface area contributed by atoms with E-state index in [0.717, 1.165) is 6.20 Å². The third-order valence-electron chi connectivity index (χ3n) is 2.20. The van der Waals surface area contributed by atoms with Crippen LogP contribution in [0.2, 0.25) is 5.02 Å². The van der Waals surface area contributed by atoms with E-state index in [4.69, 9.17) is 16.7 Å². The molecule has 0 bridgehead atoms. The van der Waals surface area contributed by atoms with Gasteiger partial charge in [0.15, 0.2) is 11.5 Å². The summed E-state index contributed by atoms with van der Waals surface area (Å²) in [5.41, 5.74) is -2.33. The van der Waals surface area contributed by atoms with E-state index >= 15 is 0 Å². The minimum absolute atomic E-state index is 0.177. The van der Waals surface area contributed by atoms with E-state index in [2.05, 4.69) is 10.1 Å². The van der Waals surface area contributed by atoms with Crippen LogP contribution in [0, 0.1) is 0 Å². The second-order valence-electron chi connectivity index (χ2n) is 3.46. The fraction of sp³-hybridized carbons (Fsp3) is 0.100. The van der Waals surface area contributed by atoms with Crippen molar-refractivity contribution in [2.24, 2.45) is 0 Å². The molecule has 0 amide bonds. The first-order valence-corrected chi connectivity index (χ1v) is 5.19. The number of alkyl halides is 3. The lowest BCUT2D eigenvalue weighted by atomic mass is 10.2. The molecule has 0 aliphatic heterocycles. The largest absolute Gasteiger partial charge is 0.478 e. The second kappa shape index (κ2) is 4.54. The molecule has 0 saturated carbocycles. The number of carbonyl (C=O) groups is 1. The molecule has 2 aromatic heterocycles. The van der Waals surface area contributed by atoms with Crippen molar-refractivity contribution in [3.05, 3.63) is 40.8 Å². The van der Waals surface area contributed by atoms with Gasteiger partial charge >= 0.3 is 12.1 Å². The van der Waals surface area contributed by atoms with Crippen molar-refractivity contribution >= 4 is 17.6 Å². The molecule has 9 heteroatoms. The van der Waals surface area contributed by atoms with Crippen molar-refractivity contribution in [3.8, 4) is 5.82 Å². The van der Waals surface area contributed by atoms with Crippen LogP contribution in [0.4, 0.5) is 13.2 Å². The number of carboxylic acid groups (broad SMARTS) is 1. The van der Waals surface area contributed by atoms with E-state index in [-0.39, 0.29) is 10.8 Å².